The van der Waals surface area contributed by atoms with Crippen LogP contribution < -0.4 is 10.6 Å². The highest BCUT2D eigenvalue weighted by atomic mass is 32.7. The van der Waals surface area contributed by atoms with Crippen LogP contribution in [0.25, 0.3) is 0 Å². The van der Waals surface area contributed by atoms with Crippen molar-refractivity contribution in [2.24, 2.45) is 5.73 Å². The second-order valence-electron chi connectivity index (χ2n) is 1.09. The molecule has 6 heteroatoms. The van der Waals surface area contributed by atoms with E-state index in [1.165, 1.54) is 0 Å². The molecule has 0 rings (SSSR count). The van der Waals surface area contributed by atoms with Gasteiger partial charge in [-0.25, -0.2) is 0 Å². The van der Waals surface area contributed by atoms with Gasteiger partial charge in [0.2, 0.25) is 0 Å². The third-order valence-corrected chi connectivity index (χ3v) is 2.64. The first-order valence-corrected chi connectivity index (χ1v) is 5.11. The number of hydrogen-bond donors (Lipinski definition) is 2. The summed E-state index contributed by atoms with van der Waals surface area (Å²) in [5, 5.41) is 0. The van der Waals surface area contributed by atoms with E-state index in [0.717, 1.165) is 0 Å². The maximum absolute atomic E-state index is 9.88. The molecule has 0 aliphatic heterocycles. The SMILES string of the molecule is NCCSP(=O)([O-])O. The lowest BCUT2D eigenvalue weighted by atomic mass is 10.8. The molecule has 1 atom stereocenters. The Morgan fingerprint density at radius 1 is 1.88 bits per heavy atom. The van der Waals surface area contributed by atoms with Gasteiger partial charge in [-0.3, -0.25) is 4.57 Å². The van der Waals surface area contributed by atoms with Crippen LogP contribution in [0.1, 0.15) is 0 Å². The zero-order valence-corrected chi connectivity index (χ0v) is 5.82. The van der Waals surface area contributed by atoms with Gasteiger partial charge in [0.1, 0.15) is 0 Å². The van der Waals surface area contributed by atoms with Crippen LogP contribution in [-0.4, -0.2) is 17.2 Å². The highest BCUT2D eigenvalue weighted by Gasteiger charge is 1.98. The van der Waals surface area contributed by atoms with Crippen LogP contribution in [0.5, 0.6) is 0 Å². The molecule has 0 aliphatic rings. The van der Waals surface area contributed by atoms with Gasteiger partial charge in [0.15, 0.2) is 6.80 Å². The van der Waals surface area contributed by atoms with Crippen molar-refractivity contribution in [2.45, 2.75) is 0 Å². The van der Waals surface area contributed by atoms with E-state index in [1.807, 2.05) is 0 Å². The Hall–Kier alpha value is 0.460. The minimum atomic E-state index is -4.10. The molecular weight excluding hydrogens is 149 g/mol. The van der Waals surface area contributed by atoms with Crippen LogP contribution in [0.3, 0.4) is 0 Å². The molecule has 8 heavy (non-hydrogen) atoms. The Morgan fingerprint density at radius 3 is 2.50 bits per heavy atom. The molecule has 3 N–H and O–H groups in total. The third-order valence-electron chi connectivity index (χ3n) is 0.372. The topological polar surface area (TPSA) is 86.4 Å². The van der Waals surface area contributed by atoms with E-state index in [9.17, 15) is 9.46 Å². The van der Waals surface area contributed by atoms with E-state index in [-0.39, 0.29) is 12.3 Å². The lowest BCUT2D eigenvalue weighted by Gasteiger charge is -2.12. The molecule has 0 bridgehead atoms. The highest BCUT2D eigenvalue weighted by Crippen LogP contribution is 2.44. The fourth-order valence-electron chi connectivity index (χ4n) is 0.168. The number of hydrogen-bond acceptors (Lipinski definition) is 4. The summed E-state index contributed by atoms with van der Waals surface area (Å²) in [7, 11) is 0. The zero-order chi connectivity index (χ0) is 6.62. The van der Waals surface area contributed by atoms with Crippen molar-refractivity contribution in [1.82, 2.24) is 0 Å². The summed E-state index contributed by atoms with van der Waals surface area (Å²) in [6.07, 6.45) is 0. The van der Waals surface area contributed by atoms with Gasteiger partial charge in [-0.15, -0.1) is 0 Å². The molecule has 50 valence electrons. The summed E-state index contributed by atoms with van der Waals surface area (Å²) in [4.78, 5) is 17.9. The molecule has 0 spiro atoms. The monoisotopic (exact) mass is 156 g/mol. The van der Waals surface area contributed by atoms with Crippen molar-refractivity contribution in [1.29, 1.82) is 0 Å². The van der Waals surface area contributed by atoms with Gasteiger partial charge in [-0.1, -0.05) is 11.4 Å². The first kappa shape index (κ1) is 8.46. The summed E-state index contributed by atoms with van der Waals surface area (Å²) in [5.74, 6) is 0.247. The molecule has 0 aliphatic carbocycles. The van der Waals surface area contributed by atoms with Gasteiger partial charge in [-0.05, 0) is 0 Å². The summed E-state index contributed by atoms with van der Waals surface area (Å²) in [5.41, 5.74) is 4.94. The molecule has 0 amide bonds. The molecule has 1 unspecified atom stereocenters. The van der Waals surface area contributed by atoms with Gasteiger partial charge in [0.05, 0.1) is 0 Å². The second-order valence-corrected chi connectivity index (χ2v) is 4.85. The smallest absolute Gasteiger partial charge is 0.189 e. The Balaban J connectivity index is 3.26. The predicted octanol–water partition coefficient (Wildman–Crippen LogP) is -0.861. The van der Waals surface area contributed by atoms with Crippen molar-refractivity contribution in [3.8, 4) is 0 Å². The minimum absolute atomic E-state index is 0.247. The maximum atomic E-state index is 9.88. The highest BCUT2D eigenvalue weighted by molar-refractivity contribution is 8.54. The van der Waals surface area contributed by atoms with Gasteiger partial charge >= 0.3 is 0 Å². The van der Waals surface area contributed by atoms with Crippen molar-refractivity contribution in [3.05, 3.63) is 0 Å². The van der Waals surface area contributed by atoms with Crippen molar-refractivity contribution >= 4 is 18.2 Å². The predicted molar refractivity (Wildman–Crippen MR) is 31.3 cm³/mol. The van der Waals surface area contributed by atoms with Crippen molar-refractivity contribution in [2.75, 3.05) is 12.3 Å². The average molecular weight is 156 g/mol. The largest absolute Gasteiger partial charge is 0.770 e. The van der Waals surface area contributed by atoms with E-state index in [1.54, 1.807) is 0 Å². The Kier molecular flexibility index (Phi) is 3.68. The summed E-state index contributed by atoms with van der Waals surface area (Å²) in [6, 6.07) is 0. The van der Waals surface area contributed by atoms with Gasteiger partial charge in [0, 0.05) is 12.3 Å². The van der Waals surface area contributed by atoms with Gasteiger partial charge in [0.25, 0.3) is 0 Å². The van der Waals surface area contributed by atoms with Crippen LogP contribution in [0, 0.1) is 0 Å². The molecular formula is C2H7NO3PS-. The molecule has 0 radical (unpaired) electrons. The van der Waals surface area contributed by atoms with Crippen LogP contribution in [0.15, 0.2) is 0 Å². The molecule has 0 saturated heterocycles. The molecule has 0 saturated carbocycles. The number of nitrogens with two attached hydrogens (primary N) is 1. The second kappa shape index (κ2) is 3.48. The minimum Gasteiger partial charge on any atom is -0.770 e. The first-order valence-electron chi connectivity index (χ1n) is 1.94. The lowest BCUT2D eigenvalue weighted by molar-refractivity contribution is -0.184. The van der Waals surface area contributed by atoms with Gasteiger partial charge in [-0.2, -0.15) is 0 Å². The molecule has 0 aromatic carbocycles. The van der Waals surface area contributed by atoms with Crippen LogP contribution in [0.2, 0.25) is 0 Å². The third kappa shape index (κ3) is 6.46. The van der Waals surface area contributed by atoms with E-state index < -0.39 is 6.80 Å². The molecule has 0 aromatic heterocycles. The first-order chi connectivity index (χ1) is 3.56. The van der Waals surface area contributed by atoms with Crippen LogP contribution >= 0.6 is 18.2 Å². The fraction of sp³-hybridized carbons (Fsp3) is 1.00. The van der Waals surface area contributed by atoms with Crippen molar-refractivity contribution in [3.63, 3.8) is 0 Å². The van der Waals surface area contributed by atoms with E-state index in [4.69, 9.17) is 10.6 Å². The quantitative estimate of drug-likeness (QED) is 0.519. The lowest BCUT2D eigenvalue weighted by Crippen LogP contribution is -2.03. The molecule has 0 heterocycles. The Morgan fingerprint density at radius 2 is 2.38 bits per heavy atom. The van der Waals surface area contributed by atoms with Crippen LogP contribution in [-0.2, 0) is 4.57 Å². The molecule has 0 aromatic rings. The average Bonchev–Trinajstić information content (AvgIpc) is 1.59. The normalized spacial score (nSPS) is 17.9. The van der Waals surface area contributed by atoms with Crippen LogP contribution in [0.4, 0.5) is 0 Å². The van der Waals surface area contributed by atoms with E-state index in [0.29, 0.717) is 11.4 Å². The van der Waals surface area contributed by atoms with Gasteiger partial charge < -0.3 is 15.5 Å². The fourth-order valence-corrected chi connectivity index (χ4v) is 1.51. The van der Waals surface area contributed by atoms with E-state index in [2.05, 4.69) is 0 Å². The van der Waals surface area contributed by atoms with Crippen molar-refractivity contribution < 1.29 is 14.4 Å². The maximum Gasteiger partial charge on any atom is 0.189 e. The summed E-state index contributed by atoms with van der Waals surface area (Å²) in [6.45, 7) is -3.83. The zero-order valence-electron chi connectivity index (χ0n) is 4.11. The number of rotatable bonds is 3. The Bertz CT molecular complexity index is 101. The van der Waals surface area contributed by atoms with E-state index >= 15 is 0 Å². The molecule has 0 fully saturated rings. The summed E-state index contributed by atoms with van der Waals surface area (Å²) < 4.78 is 9.88. The standard InChI is InChI=1S/C2H8NO3PS/c3-1-2-8-7(4,5)6/h1-3H2,(H2,4,5,6)/p-1. The Labute approximate surface area is 51.4 Å². The molecule has 4 nitrogen and oxygen atoms in total. The summed E-state index contributed by atoms with van der Waals surface area (Å²) >= 11 is 0.464.